The SMILES string of the molecule is COC1=C(C)CC23C=CC=C[N+]2(C(F)(F)F)c2ncc(SC(=O)Cc4ccccc4)n2C3=C1C. The number of benzene rings is 1. The predicted octanol–water partition coefficient (Wildman–Crippen LogP) is 5.96. The van der Waals surface area contributed by atoms with Crippen molar-refractivity contribution in [3.63, 3.8) is 0 Å². The highest BCUT2D eigenvalue weighted by molar-refractivity contribution is 8.13. The number of ether oxygens (including phenoxy) is 1. The number of methoxy groups -OCH3 is 1. The van der Waals surface area contributed by atoms with Crippen LogP contribution in [0.15, 0.2) is 82.9 Å². The number of fused-ring (bicyclic) bond motifs is 3. The summed E-state index contributed by atoms with van der Waals surface area (Å²) in [5.74, 6) is 0.388. The second kappa shape index (κ2) is 7.74. The standard InChI is InChI=1S/C25H23F3N3O2S/c1-16-14-24-11-7-8-12-31(24,25(26,27)28)23-29-15-19(30(23)22(24)17(2)21(16)33-3)34-20(32)13-18-9-5-4-6-10-18/h4-12,15H,13-14H2,1-3H3/q+1. The van der Waals surface area contributed by atoms with E-state index in [1.54, 1.807) is 26.0 Å². The van der Waals surface area contributed by atoms with E-state index in [0.29, 0.717) is 22.1 Å². The minimum atomic E-state index is -4.67. The molecule has 1 aromatic heterocycles. The van der Waals surface area contributed by atoms with E-state index in [9.17, 15) is 4.79 Å². The third kappa shape index (κ3) is 2.93. The van der Waals surface area contributed by atoms with Crippen LogP contribution in [0.5, 0.6) is 0 Å². The van der Waals surface area contributed by atoms with Crippen LogP contribution in [-0.2, 0) is 16.0 Å². The molecule has 1 aromatic carbocycles. The lowest BCUT2D eigenvalue weighted by atomic mass is 9.77. The molecule has 0 N–H and O–H groups in total. The Morgan fingerprint density at radius 2 is 1.97 bits per heavy atom. The van der Waals surface area contributed by atoms with Gasteiger partial charge in [0.15, 0.2) is 10.7 Å². The molecule has 2 aliphatic heterocycles. The number of nitrogens with zero attached hydrogens (tertiary/aromatic N) is 3. The number of carbonyl (C=O) groups is 1. The zero-order valence-electron chi connectivity index (χ0n) is 18.9. The van der Waals surface area contributed by atoms with E-state index in [2.05, 4.69) is 4.98 Å². The molecule has 34 heavy (non-hydrogen) atoms. The van der Waals surface area contributed by atoms with Crippen LogP contribution >= 0.6 is 11.8 Å². The molecule has 3 heterocycles. The van der Waals surface area contributed by atoms with E-state index in [4.69, 9.17) is 4.74 Å². The van der Waals surface area contributed by atoms with Crippen molar-refractivity contribution in [2.24, 2.45) is 0 Å². The molecule has 0 radical (unpaired) electrons. The molecule has 0 saturated carbocycles. The Morgan fingerprint density at radius 3 is 2.65 bits per heavy atom. The van der Waals surface area contributed by atoms with Gasteiger partial charge in [0.1, 0.15) is 22.7 Å². The van der Waals surface area contributed by atoms with Crippen molar-refractivity contribution < 1.29 is 22.7 Å². The molecule has 9 heteroatoms. The molecule has 0 amide bonds. The number of rotatable bonds is 4. The molecule has 176 valence electrons. The van der Waals surface area contributed by atoms with E-state index in [1.807, 2.05) is 30.3 Å². The Morgan fingerprint density at radius 1 is 1.24 bits per heavy atom. The summed E-state index contributed by atoms with van der Waals surface area (Å²) in [6.07, 6.45) is 2.80. The topological polar surface area (TPSA) is 44.1 Å². The van der Waals surface area contributed by atoms with Gasteiger partial charge >= 0.3 is 12.2 Å². The zero-order valence-corrected chi connectivity index (χ0v) is 19.7. The highest BCUT2D eigenvalue weighted by atomic mass is 32.2. The van der Waals surface area contributed by atoms with Crippen LogP contribution < -0.4 is 4.48 Å². The summed E-state index contributed by atoms with van der Waals surface area (Å²) < 4.78 is 50.7. The molecule has 2 unspecified atom stereocenters. The van der Waals surface area contributed by atoms with Gasteiger partial charge in [0.05, 0.1) is 13.3 Å². The summed E-state index contributed by atoms with van der Waals surface area (Å²) in [6.45, 7) is 3.57. The molecule has 5 rings (SSSR count). The molecule has 3 aliphatic rings. The first-order valence-corrected chi connectivity index (χ1v) is 11.6. The van der Waals surface area contributed by atoms with E-state index < -0.39 is 16.3 Å². The molecule has 1 aliphatic carbocycles. The second-order valence-corrected chi connectivity index (χ2v) is 9.73. The first-order valence-electron chi connectivity index (χ1n) is 10.8. The summed E-state index contributed by atoms with van der Waals surface area (Å²) in [6, 6.07) is 9.25. The van der Waals surface area contributed by atoms with Crippen molar-refractivity contribution >= 4 is 28.5 Å². The van der Waals surface area contributed by atoms with E-state index in [-0.39, 0.29) is 23.9 Å². The van der Waals surface area contributed by atoms with Crippen molar-refractivity contribution in [3.8, 4) is 0 Å². The van der Waals surface area contributed by atoms with Crippen molar-refractivity contribution in [2.75, 3.05) is 7.11 Å². The number of aromatic nitrogens is 2. The van der Waals surface area contributed by atoms with Crippen LogP contribution in [0.4, 0.5) is 19.1 Å². The largest absolute Gasteiger partial charge is 0.574 e. The highest BCUT2D eigenvalue weighted by Gasteiger charge is 2.76. The van der Waals surface area contributed by atoms with Crippen molar-refractivity contribution in [2.45, 2.75) is 43.6 Å². The number of quaternary nitrogens is 1. The summed E-state index contributed by atoms with van der Waals surface area (Å²) in [5.41, 5.74) is 1.15. The molecular formula is C25H23F3N3O2S+. The monoisotopic (exact) mass is 486 g/mol. The first kappa shape index (κ1) is 22.7. The third-order valence-corrected chi connectivity index (χ3v) is 7.58. The number of allylic oxidation sites excluding steroid dienone is 3. The van der Waals surface area contributed by atoms with Gasteiger partial charge in [-0.25, -0.2) is 4.57 Å². The van der Waals surface area contributed by atoms with Gasteiger partial charge in [0.25, 0.3) is 0 Å². The quantitative estimate of drug-likeness (QED) is 0.304. The molecule has 0 saturated heterocycles. The summed E-state index contributed by atoms with van der Waals surface area (Å²) in [5, 5.41) is 0.183. The average molecular weight is 487 g/mol. The van der Waals surface area contributed by atoms with E-state index in [0.717, 1.165) is 29.1 Å². The summed E-state index contributed by atoms with van der Waals surface area (Å²) >= 11 is 0.914. The van der Waals surface area contributed by atoms with Gasteiger partial charge in [-0.05, 0) is 48.9 Å². The normalized spacial score (nSPS) is 25.4. The fourth-order valence-electron chi connectivity index (χ4n) is 5.53. The Kier molecular flexibility index (Phi) is 5.18. The van der Waals surface area contributed by atoms with Gasteiger partial charge in [-0.1, -0.05) is 36.4 Å². The van der Waals surface area contributed by atoms with Crippen LogP contribution in [0.1, 0.15) is 25.8 Å². The van der Waals surface area contributed by atoms with Crippen LogP contribution in [-0.4, -0.2) is 33.6 Å². The lowest BCUT2D eigenvalue weighted by Gasteiger charge is -2.45. The van der Waals surface area contributed by atoms with Crippen LogP contribution in [0.3, 0.4) is 0 Å². The van der Waals surface area contributed by atoms with Crippen LogP contribution in [0.25, 0.3) is 5.70 Å². The predicted molar refractivity (Wildman–Crippen MR) is 125 cm³/mol. The number of imidazole rings is 1. The first-order chi connectivity index (χ1) is 16.2. The average Bonchev–Trinajstić information content (AvgIpc) is 3.28. The maximum Gasteiger partial charge on any atom is 0.574 e. The summed E-state index contributed by atoms with van der Waals surface area (Å²) in [4.78, 5) is 17.2. The summed E-state index contributed by atoms with van der Waals surface area (Å²) in [7, 11) is 1.52. The maximum absolute atomic E-state index is 15.0. The molecule has 0 bridgehead atoms. The molecule has 2 atom stereocenters. The van der Waals surface area contributed by atoms with E-state index >= 15 is 13.2 Å². The Bertz CT molecular complexity index is 1310. The fraction of sp³-hybridized carbons (Fsp3) is 0.280. The second-order valence-electron chi connectivity index (χ2n) is 8.65. The van der Waals surface area contributed by atoms with Gasteiger partial charge < -0.3 is 4.74 Å². The number of hydrogen-bond acceptors (Lipinski definition) is 4. The lowest BCUT2D eigenvalue weighted by molar-refractivity contribution is -0.236. The molecule has 5 nitrogen and oxygen atoms in total. The Labute approximate surface area is 199 Å². The Balaban J connectivity index is 1.70. The third-order valence-electron chi connectivity index (χ3n) is 6.71. The van der Waals surface area contributed by atoms with Gasteiger partial charge in [-0.2, -0.15) is 4.98 Å². The van der Waals surface area contributed by atoms with Crippen molar-refractivity contribution in [1.29, 1.82) is 0 Å². The van der Waals surface area contributed by atoms with Gasteiger partial charge in [0.2, 0.25) is 0 Å². The smallest absolute Gasteiger partial charge is 0.496 e. The molecular weight excluding hydrogens is 463 g/mol. The maximum atomic E-state index is 15.0. The molecule has 2 aromatic rings. The number of carbonyl (C=O) groups excluding carboxylic acids is 1. The van der Waals surface area contributed by atoms with Crippen LogP contribution in [0, 0.1) is 0 Å². The lowest BCUT2D eigenvalue weighted by Crippen LogP contribution is -2.68. The van der Waals surface area contributed by atoms with Gasteiger partial charge in [0, 0.05) is 18.4 Å². The number of halogens is 3. The number of thioether (sulfide) groups is 1. The number of hydrogen-bond donors (Lipinski definition) is 0. The zero-order chi connectivity index (χ0) is 24.3. The fourth-order valence-corrected chi connectivity index (χ4v) is 6.37. The number of alkyl halides is 3. The minimum Gasteiger partial charge on any atom is -0.496 e. The Hall–Kier alpha value is -3.04. The minimum absolute atomic E-state index is 0.106. The van der Waals surface area contributed by atoms with Crippen LogP contribution in [0.2, 0.25) is 0 Å². The van der Waals surface area contributed by atoms with Crippen molar-refractivity contribution in [3.05, 3.63) is 83.4 Å². The molecule has 0 fully saturated rings. The molecule has 1 spiro atoms. The van der Waals surface area contributed by atoms with E-state index in [1.165, 1.54) is 23.9 Å². The van der Waals surface area contributed by atoms with Gasteiger partial charge in [-0.3, -0.25) is 4.79 Å². The van der Waals surface area contributed by atoms with Crippen molar-refractivity contribution in [1.82, 2.24) is 14.0 Å². The highest BCUT2D eigenvalue weighted by Crippen LogP contribution is 2.62. The van der Waals surface area contributed by atoms with Gasteiger partial charge in [-0.15, -0.1) is 17.7 Å².